The van der Waals surface area contributed by atoms with Gasteiger partial charge < -0.3 is 15.1 Å². The maximum atomic E-state index is 12.2. The van der Waals surface area contributed by atoms with E-state index in [9.17, 15) is 4.79 Å². The van der Waals surface area contributed by atoms with Crippen molar-refractivity contribution in [1.82, 2.24) is 10.6 Å². The van der Waals surface area contributed by atoms with Gasteiger partial charge in [0, 0.05) is 18.0 Å². The van der Waals surface area contributed by atoms with Gasteiger partial charge in [-0.25, -0.2) is 4.79 Å². The highest BCUT2D eigenvalue weighted by molar-refractivity contribution is 5.75. The van der Waals surface area contributed by atoms with Crippen molar-refractivity contribution in [1.29, 1.82) is 0 Å². The van der Waals surface area contributed by atoms with E-state index in [1.165, 1.54) is 12.8 Å². The van der Waals surface area contributed by atoms with Gasteiger partial charge in [-0.2, -0.15) is 0 Å². The van der Waals surface area contributed by atoms with E-state index in [0.29, 0.717) is 5.92 Å². The summed E-state index contributed by atoms with van der Waals surface area (Å²) in [6.45, 7) is 8.52. The molecule has 2 amide bonds. The lowest BCUT2D eigenvalue weighted by Crippen LogP contribution is -2.45. The average molecular weight is 290 g/mol. The largest absolute Gasteiger partial charge is 0.466 e. The van der Waals surface area contributed by atoms with E-state index in [-0.39, 0.29) is 23.5 Å². The normalized spacial score (nSPS) is 25.0. The molecule has 1 heterocycles. The van der Waals surface area contributed by atoms with Crippen LogP contribution in [0.5, 0.6) is 0 Å². The number of urea groups is 1. The number of hydrogen-bond donors (Lipinski definition) is 2. The van der Waals surface area contributed by atoms with Crippen molar-refractivity contribution in [2.75, 3.05) is 0 Å². The number of fused-ring (bicyclic) bond motifs is 1. The molecule has 0 aromatic carbocycles. The number of carbonyl (C=O) groups excluding carboxylic acids is 1. The van der Waals surface area contributed by atoms with Crippen molar-refractivity contribution in [2.45, 2.75) is 65.5 Å². The molecule has 1 aromatic rings. The van der Waals surface area contributed by atoms with E-state index in [1.807, 2.05) is 6.92 Å². The zero-order valence-corrected chi connectivity index (χ0v) is 13.5. The number of aryl methyl sites for hydroxylation is 1. The van der Waals surface area contributed by atoms with Crippen LogP contribution in [0.3, 0.4) is 0 Å². The molecule has 4 heteroatoms. The van der Waals surface area contributed by atoms with Crippen molar-refractivity contribution >= 4 is 6.03 Å². The van der Waals surface area contributed by atoms with Crippen LogP contribution in [0.2, 0.25) is 0 Å². The quantitative estimate of drug-likeness (QED) is 0.892. The number of nitrogens with one attached hydrogen (secondary N) is 2. The van der Waals surface area contributed by atoms with Crippen LogP contribution in [-0.4, -0.2) is 12.1 Å². The Morgan fingerprint density at radius 3 is 2.81 bits per heavy atom. The van der Waals surface area contributed by atoms with Crippen molar-refractivity contribution in [3.63, 3.8) is 0 Å². The number of furan rings is 1. The first-order valence-electron chi connectivity index (χ1n) is 8.00. The maximum Gasteiger partial charge on any atom is 0.315 e. The molecule has 2 aliphatic carbocycles. The van der Waals surface area contributed by atoms with E-state index in [0.717, 1.165) is 29.9 Å². The fraction of sp³-hybridized carbons (Fsp3) is 0.706. The second-order valence-electron chi connectivity index (χ2n) is 7.58. The third-order valence-electron chi connectivity index (χ3n) is 4.73. The monoisotopic (exact) mass is 290 g/mol. The van der Waals surface area contributed by atoms with Crippen molar-refractivity contribution in [2.24, 2.45) is 11.3 Å². The zero-order chi connectivity index (χ0) is 15.2. The van der Waals surface area contributed by atoms with Crippen LogP contribution in [-0.2, 0) is 6.42 Å². The standard InChI is InChI=1S/C17H26N2O2/c1-10-7-13-14(8-17(3,4)9-15(13)21-10)19-16(20)18-11(2)12-5-6-12/h7,11-12,14H,5-6,8-9H2,1-4H3,(H2,18,19,20)/t11-,14-/m0/s1. The molecule has 0 bridgehead atoms. The topological polar surface area (TPSA) is 54.3 Å². The highest BCUT2D eigenvalue weighted by Gasteiger charge is 2.36. The second kappa shape index (κ2) is 5.08. The fourth-order valence-electron chi connectivity index (χ4n) is 3.43. The Bertz CT molecular complexity index is 543. The molecule has 116 valence electrons. The summed E-state index contributed by atoms with van der Waals surface area (Å²) >= 11 is 0. The predicted octanol–water partition coefficient (Wildman–Crippen LogP) is 3.70. The lowest BCUT2D eigenvalue weighted by atomic mass is 9.75. The molecule has 1 aromatic heterocycles. The zero-order valence-electron chi connectivity index (χ0n) is 13.5. The molecule has 0 unspecified atom stereocenters. The van der Waals surface area contributed by atoms with Crippen LogP contribution >= 0.6 is 0 Å². The van der Waals surface area contributed by atoms with Gasteiger partial charge in [-0.15, -0.1) is 0 Å². The molecule has 21 heavy (non-hydrogen) atoms. The summed E-state index contributed by atoms with van der Waals surface area (Å²) in [4.78, 5) is 12.2. The molecule has 2 N–H and O–H groups in total. The molecule has 0 aliphatic heterocycles. The molecule has 1 saturated carbocycles. The first-order chi connectivity index (χ1) is 9.84. The van der Waals surface area contributed by atoms with Crippen LogP contribution in [0.1, 0.15) is 63.2 Å². The van der Waals surface area contributed by atoms with Gasteiger partial charge in [0.1, 0.15) is 11.5 Å². The number of hydrogen-bond acceptors (Lipinski definition) is 2. The highest BCUT2D eigenvalue weighted by atomic mass is 16.3. The van der Waals surface area contributed by atoms with E-state index in [1.54, 1.807) is 0 Å². The van der Waals surface area contributed by atoms with Gasteiger partial charge in [-0.1, -0.05) is 13.8 Å². The average Bonchev–Trinajstić information content (AvgIpc) is 3.11. The maximum absolute atomic E-state index is 12.2. The summed E-state index contributed by atoms with van der Waals surface area (Å²) in [6.07, 6.45) is 4.37. The van der Waals surface area contributed by atoms with Gasteiger partial charge in [0.15, 0.2) is 0 Å². The van der Waals surface area contributed by atoms with Crippen LogP contribution in [0.4, 0.5) is 4.79 Å². The summed E-state index contributed by atoms with van der Waals surface area (Å²) in [6, 6.07) is 2.33. The molecule has 0 saturated heterocycles. The van der Waals surface area contributed by atoms with Gasteiger partial charge >= 0.3 is 6.03 Å². The van der Waals surface area contributed by atoms with Gasteiger partial charge in [0.25, 0.3) is 0 Å². The smallest absolute Gasteiger partial charge is 0.315 e. The van der Waals surface area contributed by atoms with E-state index >= 15 is 0 Å². The summed E-state index contributed by atoms with van der Waals surface area (Å²) in [5, 5.41) is 6.22. The minimum Gasteiger partial charge on any atom is -0.466 e. The van der Waals surface area contributed by atoms with E-state index in [2.05, 4.69) is 37.5 Å². The molecular formula is C17H26N2O2. The highest BCUT2D eigenvalue weighted by Crippen LogP contribution is 2.42. The molecule has 3 rings (SSSR count). The lowest BCUT2D eigenvalue weighted by molar-refractivity contribution is 0.211. The van der Waals surface area contributed by atoms with E-state index in [4.69, 9.17) is 4.42 Å². The lowest BCUT2D eigenvalue weighted by Gasteiger charge is -2.34. The SMILES string of the molecule is Cc1cc2c(o1)CC(C)(C)C[C@@H]2NC(=O)N[C@@H](C)C1CC1. The summed E-state index contributed by atoms with van der Waals surface area (Å²) in [7, 11) is 0. The predicted molar refractivity (Wildman–Crippen MR) is 82.1 cm³/mol. The van der Waals surface area contributed by atoms with Crippen molar-refractivity contribution < 1.29 is 9.21 Å². The Morgan fingerprint density at radius 1 is 1.43 bits per heavy atom. The molecule has 2 atom stereocenters. The summed E-state index contributed by atoms with van der Waals surface area (Å²) in [5.41, 5.74) is 1.30. The van der Waals surface area contributed by atoms with Crippen LogP contribution < -0.4 is 10.6 Å². The number of carbonyl (C=O) groups is 1. The molecule has 4 nitrogen and oxygen atoms in total. The minimum absolute atomic E-state index is 0.0487. The molecule has 2 aliphatic rings. The minimum atomic E-state index is -0.0538. The summed E-state index contributed by atoms with van der Waals surface area (Å²) in [5.74, 6) is 2.63. The molecule has 1 fully saturated rings. The van der Waals surface area contributed by atoms with Gasteiger partial charge in [-0.3, -0.25) is 0 Å². The van der Waals surface area contributed by atoms with Crippen LogP contribution in [0.15, 0.2) is 10.5 Å². The first-order valence-corrected chi connectivity index (χ1v) is 8.00. The fourth-order valence-corrected chi connectivity index (χ4v) is 3.43. The van der Waals surface area contributed by atoms with Crippen LogP contribution in [0.25, 0.3) is 0 Å². The van der Waals surface area contributed by atoms with E-state index < -0.39 is 0 Å². The van der Waals surface area contributed by atoms with Gasteiger partial charge in [0.05, 0.1) is 6.04 Å². The van der Waals surface area contributed by atoms with Crippen LogP contribution in [0, 0.1) is 18.3 Å². The van der Waals surface area contributed by atoms with Crippen molar-refractivity contribution in [3.8, 4) is 0 Å². The Kier molecular flexibility index (Phi) is 3.50. The third-order valence-corrected chi connectivity index (χ3v) is 4.73. The third kappa shape index (κ3) is 3.25. The molecular weight excluding hydrogens is 264 g/mol. The second-order valence-corrected chi connectivity index (χ2v) is 7.58. The molecule has 0 spiro atoms. The van der Waals surface area contributed by atoms with Gasteiger partial charge in [-0.05, 0) is 50.5 Å². The molecule has 0 radical (unpaired) electrons. The Hall–Kier alpha value is -1.45. The Labute approximate surface area is 126 Å². The van der Waals surface area contributed by atoms with Crippen molar-refractivity contribution in [3.05, 3.63) is 23.2 Å². The Morgan fingerprint density at radius 2 is 2.14 bits per heavy atom. The summed E-state index contributed by atoms with van der Waals surface area (Å²) < 4.78 is 5.81. The number of rotatable bonds is 3. The van der Waals surface area contributed by atoms with Gasteiger partial charge in [0.2, 0.25) is 0 Å². The number of amides is 2. The Balaban J connectivity index is 1.70. The first kappa shape index (κ1) is 14.5.